The molecule has 2 aliphatic carbocycles. The van der Waals surface area contributed by atoms with Gasteiger partial charge in [0.2, 0.25) is 0 Å². The molecule has 2 heterocycles. The van der Waals surface area contributed by atoms with E-state index in [1.54, 1.807) is 0 Å². The minimum absolute atomic E-state index is 0.629. The maximum Gasteiger partial charge on any atom is 0.131 e. The molecule has 0 spiro atoms. The second-order valence-electron chi connectivity index (χ2n) is 7.06. The lowest BCUT2D eigenvalue weighted by Gasteiger charge is -2.30. The molecular weight excluding hydrogens is 246 g/mol. The number of fused-ring (bicyclic) bond motifs is 1. The third-order valence-electron chi connectivity index (χ3n) is 5.53. The van der Waals surface area contributed by atoms with Crippen molar-refractivity contribution in [2.45, 2.75) is 70.3 Å². The van der Waals surface area contributed by atoms with E-state index in [9.17, 15) is 0 Å². The second-order valence-corrected chi connectivity index (χ2v) is 7.06. The first-order chi connectivity index (χ1) is 9.81. The summed E-state index contributed by atoms with van der Waals surface area (Å²) in [5, 5.41) is 3.50. The van der Waals surface area contributed by atoms with E-state index in [4.69, 9.17) is 9.97 Å². The standard InChI is InChI=1S/C17H25N3/c1-11-5-6-13(9-11)17-19-15-7-8-18-10-14(15)16(20-17)12-3-2-4-12/h11-13,18H,2-10H2,1H3. The highest BCUT2D eigenvalue weighted by molar-refractivity contribution is 5.32. The monoisotopic (exact) mass is 271 g/mol. The van der Waals surface area contributed by atoms with E-state index >= 15 is 0 Å². The van der Waals surface area contributed by atoms with Crippen molar-refractivity contribution in [2.24, 2.45) is 5.92 Å². The van der Waals surface area contributed by atoms with Crippen LogP contribution in [0.3, 0.4) is 0 Å². The molecule has 3 aliphatic rings. The molecule has 0 aromatic carbocycles. The van der Waals surface area contributed by atoms with Crippen molar-refractivity contribution in [1.29, 1.82) is 0 Å². The number of nitrogens with one attached hydrogen (secondary N) is 1. The van der Waals surface area contributed by atoms with E-state index in [1.807, 2.05) is 0 Å². The molecule has 108 valence electrons. The summed E-state index contributed by atoms with van der Waals surface area (Å²) in [5.74, 6) is 3.39. The first kappa shape index (κ1) is 12.8. The van der Waals surface area contributed by atoms with E-state index < -0.39 is 0 Å². The van der Waals surface area contributed by atoms with Crippen molar-refractivity contribution < 1.29 is 0 Å². The summed E-state index contributed by atoms with van der Waals surface area (Å²) in [6, 6.07) is 0. The summed E-state index contributed by atoms with van der Waals surface area (Å²) in [6.07, 6.45) is 9.09. The van der Waals surface area contributed by atoms with Crippen LogP contribution in [0.1, 0.15) is 80.1 Å². The van der Waals surface area contributed by atoms with E-state index in [0.717, 1.165) is 31.3 Å². The zero-order valence-electron chi connectivity index (χ0n) is 12.5. The fourth-order valence-corrected chi connectivity index (χ4v) is 4.03. The molecule has 1 aromatic rings. The molecule has 2 atom stereocenters. The fraction of sp³-hybridized carbons (Fsp3) is 0.765. The van der Waals surface area contributed by atoms with Gasteiger partial charge < -0.3 is 5.32 Å². The Hall–Kier alpha value is -0.960. The lowest BCUT2D eigenvalue weighted by atomic mass is 9.80. The molecule has 2 unspecified atom stereocenters. The molecule has 2 fully saturated rings. The van der Waals surface area contributed by atoms with Crippen LogP contribution in [-0.2, 0) is 13.0 Å². The van der Waals surface area contributed by atoms with Crippen LogP contribution in [0.15, 0.2) is 0 Å². The number of nitrogens with zero attached hydrogens (tertiary/aromatic N) is 2. The molecule has 0 saturated heterocycles. The highest BCUT2D eigenvalue weighted by atomic mass is 15.0. The van der Waals surface area contributed by atoms with Gasteiger partial charge in [-0.2, -0.15) is 0 Å². The van der Waals surface area contributed by atoms with Crippen molar-refractivity contribution in [1.82, 2.24) is 15.3 Å². The minimum Gasteiger partial charge on any atom is -0.312 e. The molecule has 0 radical (unpaired) electrons. The summed E-state index contributed by atoms with van der Waals surface area (Å²) in [6.45, 7) is 4.44. The molecule has 0 bridgehead atoms. The summed E-state index contributed by atoms with van der Waals surface area (Å²) in [5.41, 5.74) is 4.20. The number of hydrogen-bond acceptors (Lipinski definition) is 3. The van der Waals surface area contributed by atoms with Crippen molar-refractivity contribution in [3.05, 3.63) is 22.8 Å². The predicted octanol–water partition coefficient (Wildman–Crippen LogP) is 3.29. The van der Waals surface area contributed by atoms with E-state index in [1.165, 1.54) is 61.3 Å². The average molecular weight is 271 g/mol. The molecule has 1 aromatic heterocycles. The van der Waals surface area contributed by atoms with Gasteiger partial charge in [0.05, 0.1) is 11.4 Å². The molecule has 20 heavy (non-hydrogen) atoms. The quantitative estimate of drug-likeness (QED) is 0.897. The van der Waals surface area contributed by atoms with Gasteiger partial charge in [-0.15, -0.1) is 0 Å². The third-order valence-corrected chi connectivity index (χ3v) is 5.53. The van der Waals surface area contributed by atoms with Gasteiger partial charge in [-0.1, -0.05) is 13.3 Å². The Kier molecular flexibility index (Phi) is 3.25. The van der Waals surface area contributed by atoms with Crippen molar-refractivity contribution in [3.63, 3.8) is 0 Å². The van der Waals surface area contributed by atoms with Crippen molar-refractivity contribution >= 4 is 0 Å². The third kappa shape index (κ3) is 2.16. The Morgan fingerprint density at radius 1 is 1.05 bits per heavy atom. The Morgan fingerprint density at radius 2 is 1.95 bits per heavy atom. The first-order valence-electron chi connectivity index (χ1n) is 8.41. The molecule has 3 nitrogen and oxygen atoms in total. The highest BCUT2D eigenvalue weighted by Crippen LogP contribution is 2.41. The van der Waals surface area contributed by atoms with E-state index in [0.29, 0.717) is 5.92 Å². The topological polar surface area (TPSA) is 37.8 Å². The van der Waals surface area contributed by atoms with Gasteiger partial charge in [-0.25, -0.2) is 9.97 Å². The molecule has 0 amide bonds. The van der Waals surface area contributed by atoms with E-state index in [-0.39, 0.29) is 0 Å². The Labute approximate surface area is 121 Å². The molecule has 2 saturated carbocycles. The van der Waals surface area contributed by atoms with Crippen molar-refractivity contribution in [2.75, 3.05) is 6.54 Å². The highest BCUT2D eigenvalue weighted by Gasteiger charge is 2.31. The van der Waals surface area contributed by atoms with Gasteiger partial charge >= 0.3 is 0 Å². The summed E-state index contributed by atoms with van der Waals surface area (Å²) < 4.78 is 0. The van der Waals surface area contributed by atoms with Gasteiger partial charge in [0.25, 0.3) is 0 Å². The minimum atomic E-state index is 0.629. The Balaban J connectivity index is 1.72. The molecular formula is C17H25N3. The molecule has 4 rings (SSSR count). The number of hydrogen-bond donors (Lipinski definition) is 1. The van der Waals surface area contributed by atoms with Crippen LogP contribution in [0.4, 0.5) is 0 Å². The van der Waals surface area contributed by atoms with Crippen LogP contribution in [0.2, 0.25) is 0 Å². The van der Waals surface area contributed by atoms with Gasteiger partial charge in [0.1, 0.15) is 5.82 Å². The lowest BCUT2D eigenvalue weighted by Crippen LogP contribution is -2.29. The van der Waals surface area contributed by atoms with Crippen LogP contribution in [0, 0.1) is 5.92 Å². The van der Waals surface area contributed by atoms with Crippen LogP contribution in [0.5, 0.6) is 0 Å². The number of rotatable bonds is 2. The second kappa shape index (κ2) is 5.10. The Bertz CT molecular complexity index is 507. The van der Waals surface area contributed by atoms with Gasteiger partial charge in [0, 0.05) is 36.9 Å². The summed E-state index contributed by atoms with van der Waals surface area (Å²) in [7, 11) is 0. The number of aromatic nitrogens is 2. The maximum atomic E-state index is 5.07. The summed E-state index contributed by atoms with van der Waals surface area (Å²) in [4.78, 5) is 10.1. The maximum absolute atomic E-state index is 5.07. The normalized spacial score (nSPS) is 30.1. The van der Waals surface area contributed by atoms with Crippen LogP contribution in [0.25, 0.3) is 0 Å². The van der Waals surface area contributed by atoms with Crippen molar-refractivity contribution in [3.8, 4) is 0 Å². The molecule has 3 heteroatoms. The fourth-order valence-electron chi connectivity index (χ4n) is 4.03. The molecule has 1 aliphatic heterocycles. The zero-order chi connectivity index (χ0) is 13.5. The van der Waals surface area contributed by atoms with Crippen LogP contribution < -0.4 is 5.32 Å². The van der Waals surface area contributed by atoms with Gasteiger partial charge in [-0.3, -0.25) is 0 Å². The molecule has 1 N–H and O–H groups in total. The Morgan fingerprint density at radius 3 is 2.65 bits per heavy atom. The average Bonchev–Trinajstić information content (AvgIpc) is 2.83. The van der Waals surface area contributed by atoms with Gasteiger partial charge in [0.15, 0.2) is 0 Å². The van der Waals surface area contributed by atoms with E-state index in [2.05, 4.69) is 12.2 Å². The smallest absolute Gasteiger partial charge is 0.131 e. The predicted molar refractivity (Wildman–Crippen MR) is 79.8 cm³/mol. The largest absolute Gasteiger partial charge is 0.312 e. The van der Waals surface area contributed by atoms with Gasteiger partial charge in [-0.05, 0) is 38.0 Å². The summed E-state index contributed by atoms with van der Waals surface area (Å²) >= 11 is 0. The lowest BCUT2D eigenvalue weighted by molar-refractivity contribution is 0.400. The first-order valence-corrected chi connectivity index (χ1v) is 8.41. The van der Waals surface area contributed by atoms with Crippen LogP contribution in [-0.4, -0.2) is 16.5 Å². The zero-order valence-corrected chi connectivity index (χ0v) is 12.5. The van der Waals surface area contributed by atoms with Crippen LogP contribution >= 0.6 is 0 Å². The SMILES string of the molecule is CC1CCC(c2nc3c(c(C4CCC4)n2)CNCC3)C1.